The Morgan fingerprint density at radius 2 is 2.04 bits per heavy atom. The summed E-state index contributed by atoms with van der Waals surface area (Å²) in [6.07, 6.45) is 3.87. The average molecular weight is 371 g/mol. The predicted molar refractivity (Wildman–Crippen MR) is 100 cm³/mol. The van der Waals surface area contributed by atoms with Crippen molar-refractivity contribution in [3.05, 3.63) is 30.1 Å². The van der Waals surface area contributed by atoms with Crippen molar-refractivity contribution in [3.8, 4) is 0 Å². The molecule has 136 valence electrons. The summed E-state index contributed by atoms with van der Waals surface area (Å²) >= 11 is 1.39. The fourth-order valence-corrected chi connectivity index (χ4v) is 3.84. The Kier molecular flexibility index (Phi) is 4.67. The molecule has 1 N–H and O–H groups in total. The van der Waals surface area contributed by atoms with Gasteiger partial charge in [-0.15, -0.1) is 10.2 Å². The van der Waals surface area contributed by atoms with Crippen LogP contribution in [0.15, 0.2) is 29.4 Å². The van der Waals surface area contributed by atoms with Crippen molar-refractivity contribution < 1.29 is 9.59 Å². The molecule has 0 unspecified atom stereocenters. The number of benzene rings is 1. The summed E-state index contributed by atoms with van der Waals surface area (Å²) in [5.41, 5.74) is 1.61. The zero-order valence-electron chi connectivity index (χ0n) is 14.6. The third-order valence-electron chi connectivity index (χ3n) is 4.68. The van der Waals surface area contributed by atoms with Crippen LogP contribution in [-0.4, -0.2) is 38.9 Å². The Labute approximate surface area is 156 Å². The summed E-state index contributed by atoms with van der Waals surface area (Å²) < 4.78 is 1.98. The molecule has 1 saturated heterocycles. The van der Waals surface area contributed by atoms with Crippen LogP contribution in [0.4, 0.5) is 11.4 Å². The Morgan fingerprint density at radius 3 is 2.69 bits per heavy atom. The van der Waals surface area contributed by atoms with Crippen LogP contribution in [0.2, 0.25) is 0 Å². The van der Waals surface area contributed by atoms with Gasteiger partial charge in [0.25, 0.3) is 0 Å². The standard InChI is InChI=1S/C18H21N5O2S/c1-22-17(12-4-5-12)20-21-18(22)26-11-15(24)19-13-6-8-14(9-7-13)23-10-2-3-16(23)25/h6-9,12H,2-5,10-11H2,1H3,(H,19,24). The molecule has 2 fully saturated rings. The number of hydrogen-bond donors (Lipinski definition) is 1. The minimum Gasteiger partial charge on any atom is -0.325 e. The molecule has 26 heavy (non-hydrogen) atoms. The molecule has 1 aromatic heterocycles. The molecule has 0 bridgehead atoms. The first-order valence-corrected chi connectivity index (χ1v) is 9.83. The lowest BCUT2D eigenvalue weighted by Crippen LogP contribution is -2.23. The summed E-state index contributed by atoms with van der Waals surface area (Å²) in [5.74, 6) is 1.91. The summed E-state index contributed by atoms with van der Waals surface area (Å²) in [6, 6.07) is 7.40. The number of nitrogens with zero attached hydrogens (tertiary/aromatic N) is 4. The normalized spacial score (nSPS) is 17.0. The number of hydrogen-bond acceptors (Lipinski definition) is 5. The number of aromatic nitrogens is 3. The lowest BCUT2D eigenvalue weighted by Gasteiger charge is -2.16. The van der Waals surface area contributed by atoms with Gasteiger partial charge >= 0.3 is 0 Å². The van der Waals surface area contributed by atoms with Gasteiger partial charge in [-0.1, -0.05) is 11.8 Å². The van der Waals surface area contributed by atoms with Gasteiger partial charge in [-0.2, -0.15) is 0 Å². The van der Waals surface area contributed by atoms with E-state index in [9.17, 15) is 9.59 Å². The largest absolute Gasteiger partial charge is 0.325 e. The van der Waals surface area contributed by atoms with E-state index in [0.717, 1.165) is 35.3 Å². The zero-order valence-corrected chi connectivity index (χ0v) is 15.5. The monoisotopic (exact) mass is 371 g/mol. The molecule has 7 nitrogen and oxygen atoms in total. The maximum atomic E-state index is 12.2. The van der Waals surface area contributed by atoms with Crippen LogP contribution < -0.4 is 10.2 Å². The average Bonchev–Trinajstić information content (AvgIpc) is 3.28. The number of thioether (sulfide) groups is 1. The van der Waals surface area contributed by atoms with Crippen molar-refractivity contribution in [1.29, 1.82) is 0 Å². The lowest BCUT2D eigenvalue weighted by molar-refractivity contribution is -0.117. The minimum absolute atomic E-state index is 0.0871. The molecule has 2 aliphatic rings. The van der Waals surface area contributed by atoms with E-state index in [-0.39, 0.29) is 17.6 Å². The van der Waals surface area contributed by atoms with E-state index < -0.39 is 0 Å². The number of carbonyl (C=O) groups excluding carboxylic acids is 2. The van der Waals surface area contributed by atoms with Crippen molar-refractivity contribution in [1.82, 2.24) is 14.8 Å². The van der Waals surface area contributed by atoms with Crippen LogP contribution in [-0.2, 0) is 16.6 Å². The Balaban J connectivity index is 1.31. The number of amides is 2. The van der Waals surface area contributed by atoms with Crippen LogP contribution in [0.5, 0.6) is 0 Å². The second-order valence-electron chi connectivity index (χ2n) is 6.71. The topological polar surface area (TPSA) is 80.1 Å². The van der Waals surface area contributed by atoms with E-state index in [4.69, 9.17) is 0 Å². The van der Waals surface area contributed by atoms with Gasteiger partial charge in [0.15, 0.2) is 5.16 Å². The molecule has 1 aliphatic carbocycles. The fraction of sp³-hybridized carbons (Fsp3) is 0.444. The van der Waals surface area contributed by atoms with Gasteiger partial charge < -0.3 is 14.8 Å². The van der Waals surface area contributed by atoms with E-state index in [2.05, 4.69) is 15.5 Å². The van der Waals surface area contributed by atoms with Gasteiger partial charge in [0, 0.05) is 37.3 Å². The Morgan fingerprint density at radius 1 is 1.27 bits per heavy atom. The fourth-order valence-electron chi connectivity index (χ4n) is 3.12. The maximum absolute atomic E-state index is 12.2. The summed E-state index contributed by atoms with van der Waals surface area (Å²) in [5, 5.41) is 12.0. The number of nitrogens with one attached hydrogen (secondary N) is 1. The van der Waals surface area contributed by atoms with Crippen molar-refractivity contribution >= 4 is 35.0 Å². The second-order valence-corrected chi connectivity index (χ2v) is 7.65. The Bertz CT molecular complexity index is 829. The van der Waals surface area contributed by atoms with E-state index in [1.165, 1.54) is 24.6 Å². The van der Waals surface area contributed by atoms with Crippen molar-refractivity contribution in [2.75, 3.05) is 22.5 Å². The van der Waals surface area contributed by atoms with Crippen LogP contribution in [0.25, 0.3) is 0 Å². The van der Waals surface area contributed by atoms with Gasteiger partial charge in [-0.05, 0) is 43.5 Å². The summed E-state index contributed by atoms with van der Waals surface area (Å²) in [7, 11) is 1.95. The molecule has 8 heteroatoms. The van der Waals surface area contributed by atoms with Crippen molar-refractivity contribution in [2.24, 2.45) is 7.05 Å². The maximum Gasteiger partial charge on any atom is 0.234 e. The van der Waals surface area contributed by atoms with Crippen LogP contribution in [0, 0.1) is 0 Å². The van der Waals surface area contributed by atoms with Gasteiger partial charge in [0.2, 0.25) is 11.8 Å². The van der Waals surface area contributed by atoms with Crippen LogP contribution >= 0.6 is 11.8 Å². The number of anilines is 2. The molecule has 0 spiro atoms. The molecule has 4 rings (SSSR count). The highest BCUT2D eigenvalue weighted by Crippen LogP contribution is 2.39. The molecular weight excluding hydrogens is 350 g/mol. The SMILES string of the molecule is Cn1c(SCC(=O)Nc2ccc(N3CCCC3=O)cc2)nnc1C1CC1. The van der Waals surface area contributed by atoms with E-state index >= 15 is 0 Å². The third kappa shape index (κ3) is 3.60. The molecule has 2 heterocycles. The molecule has 0 atom stereocenters. The first-order valence-electron chi connectivity index (χ1n) is 8.84. The third-order valence-corrected chi connectivity index (χ3v) is 5.70. The van der Waals surface area contributed by atoms with Gasteiger partial charge in [-0.3, -0.25) is 9.59 Å². The first-order chi connectivity index (χ1) is 12.6. The van der Waals surface area contributed by atoms with Gasteiger partial charge in [0.1, 0.15) is 5.82 Å². The van der Waals surface area contributed by atoms with E-state index in [1.54, 1.807) is 4.90 Å². The highest BCUT2D eigenvalue weighted by atomic mass is 32.2. The minimum atomic E-state index is -0.0871. The molecule has 1 aromatic carbocycles. The predicted octanol–water partition coefficient (Wildman–Crippen LogP) is 2.55. The van der Waals surface area contributed by atoms with Crippen molar-refractivity contribution in [3.63, 3.8) is 0 Å². The molecule has 1 aliphatic heterocycles. The van der Waals surface area contributed by atoms with Crippen LogP contribution in [0.1, 0.15) is 37.4 Å². The Hall–Kier alpha value is -2.35. The number of rotatable bonds is 6. The van der Waals surface area contributed by atoms with Crippen LogP contribution in [0.3, 0.4) is 0 Å². The molecule has 2 aromatic rings. The second kappa shape index (κ2) is 7.11. The number of carbonyl (C=O) groups is 2. The zero-order chi connectivity index (χ0) is 18.1. The molecular formula is C18H21N5O2S. The molecule has 0 radical (unpaired) electrons. The quantitative estimate of drug-likeness (QED) is 0.790. The van der Waals surface area contributed by atoms with Crippen molar-refractivity contribution in [2.45, 2.75) is 36.8 Å². The van der Waals surface area contributed by atoms with Gasteiger partial charge in [-0.25, -0.2) is 0 Å². The van der Waals surface area contributed by atoms with Gasteiger partial charge in [0.05, 0.1) is 5.75 Å². The summed E-state index contributed by atoms with van der Waals surface area (Å²) in [6.45, 7) is 0.766. The summed E-state index contributed by atoms with van der Waals surface area (Å²) in [4.78, 5) is 25.7. The smallest absolute Gasteiger partial charge is 0.234 e. The highest BCUT2D eigenvalue weighted by Gasteiger charge is 2.29. The lowest BCUT2D eigenvalue weighted by atomic mass is 10.2. The highest BCUT2D eigenvalue weighted by molar-refractivity contribution is 7.99. The van der Waals surface area contributed by atoms with E-state index in [0.29, 0.717) is 12.3 Å². The van der Waals surface area contributed by atoms with E-state index in [1.807, 2.05) is 35.9 Å². The molecule has 1 saturated carbocycles. The molecule has 2 amide bonds. The first kappa shape index (κ1) is 17.1.